The molecular formula is C19H18O3. The maximum atomic E-state index is 11.8. The predicted molar refractivity (Wildman–Crippen MR) is 82.8 cm³/mol. The first kappa shape index (κ1) is 13.5. The van der Waals surface area contributed by atoms with Crippen LogP contribution in [0.5, 0.6) is 0 Å². The molecule has 0 radical (unpaired) electrons. The molecule has 0 amide bonds. The number of hydrogen-bond donors (Lipinski definition) is 1. The van der Waals surface area contributed by atoms with Gasteiger partial charge >= 0.3 is 5.97 Å². The molecule has 0 unspecified atom stereocenters. The van der Waals surface area contributed by atoms with Crippen molar-refractivity contribution in [3.8, 4) is 0 Å². The van der Waals surface area contributed by atoms with Crippen LogP contribution in [0.1, 0.15) is 51.7 Å². The van der Waals surface area contributed by atoms with Crippen LogP contribution in [0, 0.1) is 0 Å². The van der Waals surface area contributed by atoms with Crippen molar-refractivity contribution in [1.82, 2.24) is 0 Å². The molecule has 0 heterocycles. The van der Waals surface area contributed by atoms with Crippen LogP contribution in [-0.2, 0) is 10.3 Å². The Kier molecular flexibility index (Phi) is 2.88. The molecule has 1 fully saturated rings. The molecule has 0 spiro atoms. The fraction of sp³-hybridized carbons (Fsp3) is 0.316. The van der Waals surface area contributed by atoms with Crippen molar-refractivity contribution in [1.29, 1.82) is 0 Å². The number of rotatable bonds is 2. The summed E-state index contributed by atoms with van der Waals surface area (Å²) in [6.45, 7) is 0. The summed E-state index contributed by atoms with van der Waals surface area (Å²) in [6.07, 6.45) is 1.71. The Morgan fingerprint density at radius 3 is 2.68 bits per heavy atom. The van der Waals surface area contributed by atoms with Gasteiger partial charge in [0.15, 0.2) is 0 Å². The average Bonchev–Trinajstić information content (AvgIpc) is 3.10. The third-order valence-corrected chi connectivity index (χ3v) is 5.25. The monoisotopic (exact) mass is 294 g/mol. The number of ether oxygens (including phenoxy) is 1. The number of aliphatic hydroxyl groups is 1. The summed E-state index contributed by atoms with van der Waals surface area (Å²) in [5.74, 6) is 0.102. The van der Waals surface area contributed by atoms with Crippen molar-refractivity contribution in [2.45, 2.75) is 30.3 Å². The van der Waals surface area contributed by atoms with Crippen LogP contribution in [0.2, 0.25) is 0 Å². The van der Waals surface area contributed by atoms with Crippen LogP contribution in [0.3, 0.4) is 0 Å². The Bertz CT molecular complexity index is 738. The van der Waals surface area contributed by atoms with Crippen LogP contribution in [0.15, 0.2) is 48.5 Å². The molecule has 1 N–H and O–H groups in total. The second kappa shape index (κ2) is 4.68. The lowest BCUT2D eigenvalue weighted by molar-refractivity contribution is 0.0208. The van der Waals surface area contributed by atoms with Gasteiger partial charge in [-0.25, -0.2) is 4.79 Å². The largest absolute Gasteiger partial charge is 0.465 e. The van der Waals surface area contributed by atoms with Gasteiger partial charge in [-0.15, -0.1) is 0 Å². The molecule has 0 saturated heterocycles. The highest BCUT2D eigenvalue weighted by Crippen LogP contribution is 2.61. The molecule has 2 bridgehead atoms. The van der Waals surface area contributed by atoms with Gasteiger partial charge in [-0.2, -0.15) is 0 Å². The predicted octanol–water partition coefficient (Wildman–Crippen LogP) is 3.34. The first-order chi connectivity index (χ1) is 10.6. The van der Waals surface area contributed by atoms with E-state index >= 15 is 0 Å². The zero-order valence-electron chi connectivity index (χ0n) is 12.5. The molecule has 1 saturated carbocycles. The summed E-state index contributed by atoms with van der Waals surface area (Å²) in [5, 5.41) is 11.3. The molecule has 112 valence electrons. The number of carbonyl (C=O) groups is 1. The molecule has 2 aliphatic rings. The van der Waals surface area contributed by atoms with E-state index in [1.165, 1.54) is 12.7 Å². The summed E-state index contributed by atoms with van der Waals surface area (Å²) in [4.78, 5) is 11.8. The molecule has 2 aromatic carbocycles. The highest BCUT2D eigenvalue weighted by molar-refractivity contribution is 5.89. The lowest BCUT2D eigenvalue weighted by atomic mass is 9.75. The third-order valence-electron chi connectivity index (χ3n) is 5.25. The van der Waals surface area contributed by atoms with E-state index in [1.54, 1.807) is 0 Å². The van der Waals surface area contributed by atoms with Crippen molar-refractivity contribution < 1.29 is 14.6 Å². The Balaban J connectivity index is 1.79. The summed E-state index contributed by atoms with van der Waals surface area (Å²) >= 11 is 0. The summed E-state index contributed by atoms with van der Waals surface area (Å²) in [7, 11) is 1.39. The second-order valence-corrected chi connectivity index (χ2v) is 6.31. The standard InChI is InChI=1S/C19H18O3/c1-22-18(20)12-7-8-15-13-10-17(16(15)9-12)19(21,11-13)14-5-3-2-4-6-14/h2-9,13,17,21H,10-11H2,1H3/t13-,17-,19+/m0/s1. The zero-order chi connectivity index (χ0) is 15.3. The first-order valence-corrected chi connectivity index (χ1v) is 7.63. The summed E-state index contributed by atoms with van der Waals surface area (Å²) < 4.78 is 4.81. The second-order valence-electron chi connectivity index (χ2n) is 6.31. The van der Waals surface area contributed by atoms with Gasteiger partial charge in [0.1, 0.15) is 0 Å². The molecule has 3 atom stereocenters. The van der Waals surface area contributed by atoms with E-state index in [1.807, 2.05) is 48.5 Å². The third kappa shape index (κ3) is 1.75. The normalized spacial score (nSPS) is 28.5. The summed E-state index contributed by atoms with van der Waals surface area (Å²) in [5.41, 5.74) is 3.08. The number of fused-ring (bicyclic) bond motifs is 5. The minimum Gasteiger partial charge on any atom is -0.465 e. The van der Waals surface area contributed by atoms with Gasteiger partial charge in [-0.3, -0.25) is 0 Å². The van der Waals surface area contributed by atoms with Gasteiger partial charge in [-0.1, -0.05) is 36.4 Å². The van der Waals surface area contributed by atoms with Crippen molar-refractivity contribution in [3.63, 3.8) is 0 Å². The SMILES string of the molecule is COC(=O)c1ccc2c(c1)[C@@H]1C[C@H]2C[C@@]1(O)c1ccccc1. The fourth-order valence-corrected chi connectivity index (χ4v) is 4.24. The van der Waals surface area contributed by atoms with Crippen LogP contribution in [0.25, 0.3) is 0 Å². The van der Waals surface area contributed by atoms with Gasteiger partial charge in [0, 0.05) is 5.92 Å². The number of esters is 1. The maximum absolute atomic E-state index is 11.8. The highest BCUT2D eigenvalue weighted by atomic mass is 16.5. The van der Waals surface area contributed by atoms with E-state index in [0.717, 1.165) is 24.0 Å². The van der Waals surface area contributed by atoms with Crippen LogP contribution < -0.4 is 0 Å². The molecule has 2 aliphatic carbocycles. The van der Waals surface area contributed by atoms with E-state index in [-0.39, 0.29) is 11.9 Å². The van der Waals surface area contributed by atoms with E-state index in [0.29, 0.717) is 11.5 Å². The molecule has 4 rings (SSSR count). The van der Waals surface area contributed by atoms with E-state index in [9.17, 15) is 9.90 Å². The van der Waals surface area contributed by atoms with Gasteiger partial charge in [0.25, 0.3) is 0 Å². The van der Waals surface area contributed by atoms with Gasteiger partial charge in [-0.05, 0) is 47.6 Å². The zero-order valence-corrected chi connectivity index (χ0v) is 12.5. The minimum atomic E-state index is -0.826. The Labute approximate surface area is 129 Å². The number of benzene rings is 2. The molecule has 3 nitrogen and oxygen atoms in total. The first-order valence-electron chi connectivity index (χ1n) is 7.63. The van der Waals surface area contributed by atoms with Crippen LogP contribution in [0.4, 0.5) is 0 Å². The maximum Gasteiger partial charge on any atom is 0.337 e. The quantitative estimate of drug-likeness (QED) is 0.864. The summed E-state index contributed by atoms with van der Waals surface area (Å²) in [6, 6.07) is 15.6. The van der Waals surface area contributed by atoms with Crippen LogP contribution in [-0.4, -0.2) is 18.2 Å². The van der Waals surface area contributed by atoms with Crippen molar-refractivity contribution in [3.05, 3.63) is 70.8 Å². The Hall–Kier alpha value is -2.13. The average molecular weight is 294 g/mol. The molecule has 22 heavy (non-hydrogen) atoms. The topological polar surface area (TPSA) is 46.5 Å². The van der Waals surface area contributed by atoms with Gasteiger partial charge in [0.05, 0.1) is 18.3 Å². The van der Waals surface area contributed by atoms with Crippen LogP contribution >= 0.6 is 0 Å². The van der Waals surface area contributed by atoms with Gasteiger partial charge in [0.2, 0.25) is 0 Å². The molecule has 3 heteroatoms. The molecule has 2 aromatic rings. The number of carbonyl (C=O) groups excluding carboxylic acids is 1. The van der Waals surface area contributed by atoms with E-state index < -0.39 is 5.60 Å². The van der Waals surface area contributed by atoms with Crippen molar-refractivity contribution >= 4 is 5.97 Å². The van der Waals surface area contributed by atoms with Crippen molar-refractivity contribution in [2.24, 2.45) is 0 Å². The fourth-order valence-electron chi connectivity index (χ4n) is 4.24. The van der Waals surface area contributed by atoms with Crippen molar-refractivity contribution in [2.75, 3.05) is 7.11 Å². The van der Waals surface area contributed by atoms with E-state index in [2.05, 4.69) is 0 Å². The molecular weight excluding hydrogens is 276 g/mol. The lowest BCUT2D eigenvalue weighted by Crippen LogP contribution is -2.31. The number of methoxy groups -OCH3 is 1. The molecule has 0 aliphatic heterocycles. The Morgan fingerprint density at radius 1 is 1.18 bits per heavy atom. The highest BCUT2D eigenvalue weighted by Gasteiger charge is 2.53. The van der Waals surface area contributed by atoms with E-state index in [4.69, 9.17) is 4.74 Å². The number of hydrogen-bond acceptors (Lipinski definition) is 3. The smallest absolute Gasteiger partial charge is 0.337 e. The lowest BCUT2D eigenvalue weighted by Gasteiger charge is -2.34. The molecule has 0 aromatic heterocycles. The minimum absolute atomic E-state index is 0.0551. The Morgan fingerprint density at radius 2 is 1.95 bits per heavy atom. The van der Waals surface area contributed by atoms with Gasteiger partial charge < -0.3 is 9.84 Å².